The molecule has 0 spiro atoms. The van der Waals surface area contributed by atoms with Crippen molar-refractivity contribution in [2.45, 2.75) is 160 Å². The Hall–Kier alpha value is -1.75. The second-order valence-corrected chi connectivity index (χ2v) is 17.8. The largest absolute Gasteiger partial charge is 0.396 e. The predicted octanol–water partition coefficient (Wildman–Crippen LogP) is 4.55. The molecule has 0 bridgehead atoms. The van der Waals surface area contributed by atoms with E-state index in [1.165, 1.54) is 6.42 Å². The Kier molecular flexibility index (Phi) is 9.85. The van der Waals surface area contributed by atoms with Gasteiger partial charge in [-0.1, -0.05) is 52.5 Å². The molecule has 0 amide bonds. The molecule has 0 radical (unpaired) electrons. The fourth-order valence-electron chi connectivity index (χ4n) is 11.6. The molecule has 0 aromatic carbocycles. The number of carbonyl (C=O) groups is 1. The van der Waals surface area contributed by atoms with Gasteiger partial charge in [-0.15, -0.1) is 0 Å². The minimum absolute atomic E-state index is 0.0525. The highest BCUT2D eigenvalue weighted by molar-refractivity contribution is 5.95. The number of aliphatic hydroxyl groups is 5. The summed E-state index contributed by atoms with van der Waals surface area (Å²) >= 11 is 0. The molecule has 3 saturated carbocycles. The maximum absolute atomic E-state index is 14.0. The van der Waals surface area contributed by atoms with Crippen LogP contribution in [0.2, 0.25) is 0 Å². The molecular weight excluding hydrogens is 620 g/mol. The van der Waals surface area contributed by atoms with E-state index in [0.717, 1.165) is 56.1 Å². The highest BCUT2D eigenvalue weighted by Crippen LogP contribution is 2.70. The number of unbranched alkanes of at least 4 members (excludes halogenated alkanes) is 3. The van der Waals surface area contributed by atoms with Gasteiger partial charge in [-0.2, -0.15) is 0 Å². The Morgan fingerprint density at radius 3 is 2.47 bits per heavy atom. The summed E-state index contributed by atoms with van der Waals surface area (Å²) < 4.78 is 6.22. The van der Waals surface area contributed by atoms with Crippen LogP contribution in [0.5, 0.6) is 0 Å². The zero-order chi connectivity index (χ0) is 35.6. The number of carbonyl (C=O) groups excluding carboxylic acids is 1. The first-order valence-corrected chi connectivity index (χ1v) is 19.3. The maximum Gasteiger partial charge on any atom is 0.159 e. The molecule has 6 aliphatic rings. The average Bonchev–Trinajstić information content (AvgIpc) is 3.83. The zero-order valence-electron chi connectivity index (χ0n) is 30.6. The molecule has 12 atom stereocenters. The Bertz CT molecular complexity index is 1370. The molecule has 1 saturated heterocycles. The van der Waals surface area contributed by atoms with Crippen LogP contribution in [-0.2, 0) is 9.53 Å². The van der Waals surface area contributed by atoms with E-state index in [9.17, 15) is 30.3 Å². The van der Waals surface area contributed by atoms with E-state index in [1.54, 1.807) is 19.9 Å². The molecule has 9 heteroatoms. The normalized spacial score (nSPS) is 42.2. The quantitative estimate of drug-likeness (QED) is 0.109. The maximum atomic E-state index is 14.0. The standard InChI is InChI=1S/C40H64N2O7/c1-6-7-8-9-15-39-18-11-26(44)22-29(39)30(45)23-28-27(39)12-17-36(3)31(13-19-40(28,36)48)37(4,46)33-34(49-33)38(5,47)35(2,24-43)16-10-25-14-20-42-32(41)21-25/h14,21,23,26-27,29,31,33-34,42-44,46-48H,6-13,15-20,22,24,41H2,1-5H3. The number of allylic oxidation sites excluding steroid dienone is 3. The van der Waals surface area contributed by atoms with Gasteiger partial charge >= 0.3 is 0 Å². The van der Waals surface area contributed by atoms with Crippen molar-refractivity contribution < 1.29 is 35.1 Å². The Balaban J connectivity index is 1.23. The van der Waals surface area contributed by atoms with Gasteiger partial charge in [0.1, 0.15) is 12.2 Å². The summed E-state index contributed by atoms with van der Waals surface area (Å²) in [6.07, 6.45) is 15.1. The topological polar surface area (TPSA) is 169 Å². The van der Waals surface area contributed by atoms with Crippen LogP contribution in [0.15, 0.2) is 35.2 Å². The van der Waals surface area contributed by atoms with Crippen molar-refractivity contribution in [3.05, 3.63) is 35.2 Å². The Morgan fingerprint density at radius 1 is 1.02 bits per heavy atom. The third-order valence-electron chi connectivity index (χ3n) is 15.2. The lowest BCUT2D eigenvalue weighted by molar-refractivity contribution is -0.156. The van der Waals surface area contributed by atoms with Gasteiger partial charge < -0.3 is 41.3 Å². The minimum Gasteiger partial charge on any atom is -0.396 e. The van der Waals surface area contributed by atoms with E-state index in [2.05, 4.69) is 25.2 Å². The van der Waals surface area contributed by atoms with Crippen LogP contribution in [0.25, 0.3) is 0 Å². The molecule has 9 nitrogen and oxygen atoms in total. The van der Waals surface area contributed by atoms with Crippen molar-refractivity contribution in [1.29, 1.82) is 0 Å². The van der Waals surface area contributed by atoms with E-state index in [1.807, 2.05) is 13.0 Å². The van der Waals surface area contributed by atoms with Crippen molar-refractivity contribution in [2.75, 3.05) is 13.2 Å². The van der Waals surface area contributed by atoms with Crippen molar-refractivity contribution >= 4 is 5.78 Å². The van der Waals surface area contributed by atoms with Gasteiger partial charge in [0.2, 0.25) is 0 Å². The predicted molar refractivity (Wildman–Crippen MR) is 189 cm³/mol. The van der Waals surface area contributed by atoms with Gasteiger partial charge in [0, 0.05) is 23.3 Å². The fourth-order valence-corrected chi connectivity index (χ4v) is 11.6. The number of aliphatic hydroxyl groups excluding tert-OH is 2. The minimum atomic E-state index is -1.43. The molecule has 0 aromatic heterocycles. The van der Waals surface area contributed by atoms with Crippen molar-refractivity contribution in [3.63, 3.8) is 0 Å². The van der Waals surface area contributed by atoms with Crippen LogP contribution in [0.1, 0.15) is 125 Å². The number of ketones is 1. The van der Waals surface area contributed by atoms with E-state index >= 15 is 0 Å². The molecule has 276 valence electrons. The van der Waals surface area contributed by atoms with E-state index in [-0.39, 0.29) is 35.6 Å². The molecule has 8 N–H and O–H groups in total. The SMILES string of the molecule is CCCCCCC12CCC(O)CC1C(=O)C=C1C2CCC2(C)C(C(C)(O)C3OC3C(C)(O)C(C)(CO)CCC3=CCNC(N)=C3)CCC12O. The van der Waals surface area contributed by atoms with Crippen LogP contribution < -0.4 is 11.1 Å². The van der Waals surface area contributed by atoms with Crippen LogP contribution in [0.3, 0.4) is 0 Å². The first-order valence-electron chi connectivity index (χ1n) is 19.3. The van der Waals surface area contributed by atoms with E-state index < -0.39 is 45.9 Å². The second kappa shape index (κ2) is 13.0. The van der Waals surface area contributed by atoms with Crippen LogP contribution in [0, 0.1) is 34.0 Å². The van der Waals surface area contributed by atoms with Crippen LogP contribution in [0.4, 0.5) is 0 Å². The third kappa shape index (κ3) is 5.87. The molecule has 12 unspecified atom stereocenters. The molecule has 4 fully saturated rings. The summed E-state index contributed by atoms with van der Waals surface area (Å²) in [5, 5.41) is 61.7. The molecular formula is C40H64N2O7. The molecule has 6 rings (SSSR count). The van der Waals surface area contributed by atoms with Gasteiger partial charge in [-0.25, -0.2) is 0 Å². The first kappa shape index (κ1) is 37.0. The highest BCUT2D eigenvalue weighted by Gasteiger charge is 2.73. The number of nitrogens with one attached hydrogen (secondary N) is 1. The van der Waals surface area contributed by atoms with Gasteiger partial charge in [0.25, 0.3) is 0 Å². The highest BCUT2D eigenvalue weighted by atomic mass is 16.6. The summed E-state index contributed by atoms with van der Waals surface area (Å²) in [5.74, 6) is 0.207. The summed E-state index contributed by atoms with van der Waals surface area (Å²) in [6.45, 7) is 10.1. The van der Waals surface area contributed by atoms with Crippen LogP contribution >= 0.6 is 0 Å². The number of ether oxygens (including phenoxy) is 1. The van der Waals surface area contributed by atoms with E-state index in [4.69, 9.17) is 10.5 Å². The number of dihydropyridines is 1. The lowest BCUT2D eigenvalue weighted by Gasteiger charge is -2.61. The van der Waals surface area contributed by atoms with Crippen molar-refractivity contribution in [3.8, 4) is 0 Å². The van der Waals surface area contributed by atoms with Crippen molar-refractivity contribution in [2.24, 2.45) is 39.7 Å². The third-order valence-corrected chi connectivity index (χ3v) is 15.2. The van der Waals surface area contributed by atoms with Crippen LogP contribution in [-0.4, -0.2) is 79.6 Å². The fraction of sp³-hybridized carbons (Fsp3) is 0.825. The number of hydrogen-bond acceptors (Lipinski definition) is 9. The van der Waals surface area contributed by atoms with Gasteiger partial charge in [0.15, 0.2) is 5.78 Å². The van der Waals surface area contributed by atoms with Gasteiger partial charge in [-0.3, -0.25) is 4.79 Å². The Labute approximate surface area is 293 Å². The van der Waals surface area contributed by atoms with Gasteiger partial charge in [0.05, 0.1) is 35.3 Å². The molecule has 0 aromatic rings. The smallest absolute Gasteiger partial charge is 0.159 e. The lowest BCUT2D eigenvalue weighted by atomic mass is 9.44. The monoisotopic (exact) mass is 684 g/mol. The number of hydrogen-bond donors (Lipinski definition) is 7. The number of rotatable bonds is 13. The van der Waals surface area contributed by atoms with Gasteiger partial charge in [-0.05, 0) is 119 Å². The number of epoxide rings is 1. The average molecular weight is 685 g/mol. The molecule has 2 heterocycles. The molecule has 4 aliphatic carbocycles. The number of nitrogens with two attached hydrogens (primary N) is 1. The van der Waals surface area contributed by atoms with Crippen molar-refractivity contribution in [1.82, 2.24) is 5.32 Å². The zero-order valence-corrected chi connectivity index (χ0v) is 30.6. The van der Waals surface area contributed by atoms with E-state index in [0.29, 0.717) is 50.9 Å². The molecule has 49 heavy (non-hydrogen) atoms. The molecule has 2 aliphatic heterocycles. The lowest BCUT2D eigenvalue weighted by Crippen LogP contribution is -2.62. The summed E-state index contributed by atoms with van der Waals surface area (Å²) in [6, 6.07) is 0. The summed E-state index contributed by atoms with van der Waals surface area (Å²) in [4.78, 5) is 14.0. The number of fused-ring (bicyclic) bond motifs is 5. The summed E-state index contributed by atoms with van der Waals surface area (Å²) in [7, 11) is 0. The Morgan fingerprint density at radius 2 is 1.78 bits per heavy atom. The first-order chi connectivity index (χ1) is 23.0. The summed E-state index contributed by atoms with van der Waals surface area (Å²) in [5.41, 5.74) is 2.01. The second-order valence-electron chi connectivity index (χ2n) is 17.8.